The molecule has 6 nitrogen and oxygen atoms in total. The number of anilines is 2. The molecule has 0 bridgehead atoms. The monoisotopic (exact) mass is 350 g/mol. The molecule has 0 heterocycles. The predicted octanol–water partition coefficient (Wildman–Crippen LogP) is 3.26. The summed E-state index contributed by atoms with van der Waals surface area (Å²) in [5.41, 5.74) is 0.643. The van der Waals surface area contributed by atoms with Crippen LogP contribution in [0.25, 0.3) is 0 Å². The summed E-state index contributed by atoms with van der Waals surface area (Å²) in [6.45, 7) is -1.96. The maximum absolute atomic E-state index is 12.3. The zero-order chi connectivity index (χ0) is 18.2. The van der Waals surface area contributed by atoms with Gasteiger partial charge in [0.15, 0.2) is 6.61 Å². The third-order valence-corrected chi connectivity index (χ3v) is 2.90. The van der Waals surface area contributed by atoms with Crippen molar-refractivity contribution < 1.29 is 27.8 Å². The lowest BCUT2D eigenvalue weighted by Crippen LogP contribution is -2.21. The summed E-state index contributed by atoms with van der Waals surface area (Å²) in [6.07, 6.45) is 0. The Labute approximate surface area is 142 Å². The van der Waals surface area contributed by atoms with E-state index in [1.807, 2.05) is 0 Å². The molecule has 0 aliphatic rings. The van der Waals surface area contributed by atoms with Gasteiger partial charge in [-0.1, -0.05) is 18.2 Å². The van der Waals surface area contributed by atoms with Crippen molar-refractivity contribution in [2.45, 2.75) is 13.5 Å². The molecule has 2 N–H and O–H groups in total. The lowest BCUT2D eigenvalue weighted by Gasteiger charge is -2.12. The zero-order valence-corrected chi connectivity index (χ0v) is 13.3. The van der Waals surface area contributed by atoms with Gasteiger partial charge in [0, 0.05) is 18.7 Å². The van der Waals surface area contributed by atoms with Crippen LogP contribution in [-0.2, 0) is 9.59 Å². The van der Waals surface area contributed by atoms with E-state index in [1.165, 1.54) is 25.1 Å². The smallest absolute Gasteiger partial charge is 0.387 e. The van der Waals surface area contributed by atoms with E-state index in [4.69, 9.17) is 4.74 Å². The Bertz CT molecular complexity index is 753. The number of rotatable bonds is 7. The van der Waals surface area contributed by atoms with Gasteiger partial charge in [0.25, 0.3) is 5.91 Å². The fraction of sp³-hybridized carbons (Fsp3) is 0.176. The maximum atomic E-state index is 12.3. The van der Waals surface area contributed by atoms with Gasteiger partial charge in [-0.25, -0.2) is 0 Å². The molecule has 0 spiro atoms. The van der Waals surface area contributed by atoms with Gasteiger partial charge in [0.1, 0.15) is 11.5 Å². The molecule has 0 aromatic heterocycles. The van der Waals surface area contributed by atoms with Gasteiger partial charge < -0.3 is 20.1 Å². The normalized spacial score (nSPS) is 10.2. The molecule has 0 saturated carbocycles. The lowest BCUT2D eigenvalue weighted by molar-refractivity contribution is -0.118. The highest BCUT2D eigenvalue weighted by Gasteiger charge is 2.12. The van der Waals surface area contributed by atoms with Crippen molar-refractivity contribution in [3.05, 3.63) is 48.5 Å². The molecule has 0 fully saturated rings. The van der Waals surface area contributed by atoms with Crippen molar-refractivity contribution >= 4 is 23.2 Å². The van der Waals surface area contributed by atoms with Crippen LogP contribution >= 0.6 is 0 Å². The van der Waals surface area contributed by atoms with Gasteiger partial charge in [0.05, 0.1) is 5.69 Å². The average Bonchev–Trinajstić information content (AvgIpc) is 2.54. The minimum absolute atomic E-state index is 0.114. The summed E-state index contributed by atoms with van der Waals surface area (Å²) in [7, 11) is 0. The van der Waals surface area contributed by atoms with Crippen LogP contribution in [0.3, 0.4) is 0 Å². The first-order valence-electron chi connectivity index (χ1n) is 7.28. The van der Waals surface area contributed by atoms with Gasteiger partial charge in [-0.15, -0.1) is 0 Å². The molecule has 0 saturated heterocycles. The minimum Gasteiger partial charge on any atom is -0.484 e. The Balaban J connectivity index is 1.94. The minimum atomic E-state index is -2.99. The second kappa shape index (κ2) is 8.62. The Morgan fingerprint density at radius 1 is 1.08 bits per heavy atom. The molecule has 0 atom stereocenters. The molecule has 8 heteroatoms. The molecular weight excluding hydrogens is 334 g/mol. The number of amides is 2. The van der Waals surface area contributed by atoms with Crippen LogP contribution in [0.15, 0.2) is 48.5 Å². The first-order valence-corrected chi connectivity index (χ1v) is 7.28. The van der Waals surface area contributed by atoms with Gasteiger partial charge in [-0.05, 0) is 24.3 Å². The fourth-order valence-corrected chi connectivity index (χ4v) is 1.97. The Kier molecular flexibility index (Phi) is 6.27. The number of halogens is 2. The second-order valence-corrected chi connectivity index (χ2v) is 4.92. The van der Waals surface area contributed by atoms with Crippen LogP contribution in [0.1, 0.15) is 6.92 Å². The fourth-order valence-electron chi connectivity index (χ4n) is 1.97. The average molecular weight is 350 g/mol. The summed E-state index contributed by atoms with van der Waals surface area (Å²) in [4.78, 5) is 23.0. The Hall–Kier alpha value is -3.16. The van der Waals surface area contributed by atoms with E-state index >= 15 is 0 Å². The third-order valence-electron chi connectivity index (χ3n) is 2.90. The second-order valence-electron chi connectivity index (χ2n) is 4.92. The summed E-state index contributed by atoms with van der Waals surface area (Å²) in [5, 5.41) is 5.03. The van der Waals surface area contributed by atoms with Gasteiger partial charge in [-0.2, -0.15) is 8.78 Å². The van der Waals surface area contributed by atoms with E-state index in [9.17, 15) is 18.4 Å². The van der Waals surface area contributed by atoms with E-state index in [0.29, 0.717) is 11.4 Å². The van der Waals surface area contributed by atoms with Gasteiger partial charge in [0.2, 0.25) is 5.91 Å². The Morgan fingerprint density at radius 2 is 1.84 bits per heavy atom. The van der Waals surface area contributed by atoms with Crippen molar-refractivity contribution in [3.8, 4) is 11.5 Å². The quantitative estimate of drug-likeness (QED) is 0.804. The van der Waals surface area contributed by atoms with E-state index in [2.05, 4.69) is 15.4 Å². The zero-order valence-electron chi connectivity index (χ0n) is 13.3. The van der Waals surface area contributed by atoms with Crippen LogP contribution in [0.2, 0.25) is 0 Å². The highest BCUT2D eigenvalue weighted by molar-refractivity contribution is 5.93. The molecule has 0 aliphatic carbocycles. The number of carbonyl (C=O) groups is 2. The molecule has 2 aromatic carbocycles. The number of hydrogen-bond acceptors (Lipinski definition) is 4. The molecule has 2 aromatic rings. The van der Waals surface area contributed by atoms with Crippen molar-refractivity contribution in [3.63, 3.8) is 0 Å². The van der Waals surface area contributed by atoms with Crippen LogP contribution < -0.4 is 20.1 Å². The van der Waals surface area contributed by atoms with Crippen molar-refractivity contribution in [1.82, 2.24) is 0 Å². The number of para-hydroxylation sites is 2. The predicted molar refractivity (Wildman–Crippen MR) is 87.9 cm³/mol. The van der Waals surface area contributed by atoms with Crippen molar-refractivity contribution in [1.29, 1.82) is 0 Å². The van der Waals surface area contributed by atoms with Gasteiger partial charge in [-0.3, -0.25) is 9.59 Å². The van der Waals surface area contributed by atoms with E-state index in [0.717, 1.165) is 0 Å². The summed E-state index contributed by atoms with van der Waals surface area (Å²) in [5.74, 6) is -0.544. The van der Waals surface area contributed by atoms with Crippen LogP contribution in [-0.4, -0.2) is 25.0 Å². The molecule has 0 unspecified atom stereocenters. The van der Waals surface area contributed by atoms with Crippen LogP contribution in [0.4, 0.5) is 20.2 Å². The van der Waals surface area contributed by atoms with Crippen LogP contribution in [0, 0.1) is 0 Å². The van der Waals surface area contributed by atoms with E-state index in [-0.39, 0.29) is 24.0 Å². The molecule has 2 amide bonds. The SMILES string of the molecule is CC(=O)Nc1cccc(OCC(=O)Nc2ccccc2OC(F)F)c1. The largest absolute Gasteiger partial charge is 0.484 e. The number of ether oxygens (including phenoxy) is 2. The summed E-state index contributed by atoms with van der Waals surface area (Å²) < 4.78 is 34.4. The molecule has 0 aliphatic heterocycles. The standard InChI is InChI=1S/C17H16F2N2O4/c1-11(22)20-12-5-4-6-13(9-12)24-10-16(23)21-14-7-2-3-8-15(14)25-17(18)19/h2-9,17H,10H2,1H3,(H,20,22)(H,21,23). The molecule has 0 radical (unpaired) electrons. The molecular formula is C17H16F2N2O4. The van der Waals surface area contributed by atoms with E-state index in [1.54, 1.807) is 30.3 Å². The van der Waals surface area contributed by atoms with Gasteiger partial charge >= 0.3 is 6.61 Å². The molecule has 132 valence electrons. The van der Waals surface area contributed by atoms with Crippen molar-refractivity contribution in [2.75, 3.05) is 17.2 Å². The highest BCUT2D eigenvalue weighted by Crippen LogP contribution is 2.25. The number of benzene rings is 2. The number of carbonyl (C=O) groups excluding carboxylic acids is 2. The first-order chi connectivity index (χ1) is 11.9. The lowest BCUT2D eigenvalue weighted by atomic mass is 10.3. The topological polar surface area (TPSA) is 76.7 Å². The number of nitrogens with one attached hydrogen (secondary N) is 2. The summed E-state index contributed by atoms with van der Waals surface area (Å²) in [6, 6.07) is 12.3. The van der Waals surface area contributed by atoms with Crippen LogP contribution in [0.5, 0.6) is 11.5 Å². The summed E-state index contributed by atoms with van der Waals surface area (Å²) >= 11 is 0. The van der Waals surface area contributed by atoms with E-state index < -0.39 is 12.5 Å². The third kappa shape index (κ3) is 6.09. The first kappa shape index (κ1) is 18.2. The maximum Gasteiger partial charge on any atom is 0.387 e. The Morgan fingerprint density at radius 3 is 2.56 bits per heavy atom. The number of alkyl halides is 2. The van der Waals surface area contributed by atoms with Crippen molar-refractivity contribution in [2.24, 2.45) is 0 Å². The highest BCUT2D eigenvalue weighted by atomic mass is 19.3. The molecule has 2 rings (SSSR count). The number of hydrogen-bond donors (Lipinski definition) is 2. The molecule has 25 heavy (non-hydrogen) atoms.